The van der Waals surface area contributed by atoms with Crippen LogP contribution in [-0.4, -0.2) is 77.6 Å². The highest BCUT2D eigenvalue weighted by atomic mass is 16.5. The number of ether oxygens (including phenoxy) is 1. The lowest BCUT2D eigenvalue weighted by Gasteiger charge is -2.29. The van der Waals surface area contributed by atoms with Crippen molar-refractivity contribution in [3.63, 3.8) is 0 Å². The Labute approximate surface area is 235 Å². The number of unbranched alkanes of at least 4 members (excludes halogenated alkanes) is 2. The fourth-order valence-electron chi connectivity index (χ4n) is 3.98. The van der Waals surface area contributed by atoms with Gasteiger partial charge in [-0.25, -0.2) is 0 Å². The molecule has 0 bridgehead atoms. The van der Waals surface area contributed by atoms with E-state index in [1.54, 1.807) is 48.5 Å². The third-order valence-corrected chi connectivity index (χ3v) is 6.28. The molecule has 0 saturated heterocycles. The Kier molecular flexibility index (Phi) is 13.4. The lowest BCUT2D eigenvalue weighted by Crippen LogP contribution is -2.46. The van der Waals surface area contributed by atoms with Crippen LogP contribution in [0, 0.1) is 5.41 Å². The van der Waals surface area contributed by atoms with E-state index in [-0.39, 0.29) is 37.7 Å². The van der Waals surface area contributed by atoms with E-state index >= 15 is 0 Å². The van der Waals surface area contributed by atoms with Crippen molar-refractivity contribution in [2.24, 2.45) is 0 Å². The number of carbonyl (C=O) groups excluding carboxylic acids is 3. The van der Waals surface area contributed by atoms with E-state index in [1.165, 1.54) is 16.9 Å². The molecule has 10 nitrogen and oxygen atoms in total. The molecule has 0 heterocycles. The van der Waals surface area contributed by atoms with Crippen molar-refractivity contribution in [3.05, 3.63) is 59.7 Å². The third-order valence-electron chi connectivity index (χ3n) is 6.28. The summed E-state index contributed by atoms with van der Waals surface area (Å²) >= 11 is 0. The van der Waals surface area contributed by atoms with Crippen LogP contribution in [0.25, 0.3) is 0 Å². The van der Waals surface area contributed by atoms with Crippen molar-refractivity contribution in [2.75, 3.05) is 38.6 Å². The molecule has 0 radical (unpaired) electrons. The molecule has 0 atom stereocenters. The average molecular weight is 553 g/mol. The Morgan fingerprint density at radius 1 is 0.875 bits per heavy atom. The predicted octanol–water partition coefficient (Wildman–Crippen LogP) is 4.44. The van der Waals surface area contributed by atoms with Gasteiger partial charge >= 0.3 is 5.97 Å². The number of carboxylic acids is 1. The number of anilines is 1. The number of nitrogens with one attached hydrogen (secondary N) is 2. The molecule has 0 unspecified atom stereocenters. The molecule has 0 aliphatic heterocycles. The molecule has 2 aromatic carbocycles. The predicted molar refractivity (Wildman–Crippen MR) is 154 cm³/mol. The SMILES string of the molecule is CCCCC(=O)c1cccc(NC(=O)CN(CCCC)C(=O)CN(CCC(=O)O)C(=N)c2cccc(OC)c2)c1. The van der Waals surface area contributed by atoms with E-state index in [0.29, 0.717) is 42.0 Å². The van der Waals surface area contributed by atoms with Crippen LogP contribution in [0.5, 0.6) is 5.75 Å². The number of rotatable bonds is 17. The van der Waals surface area contributed by atoms with E-state index in [2.05, 4.69) is 5.32 Å². The van der Waals surface area contributed by atoms with Gasteiger partial charge in [-0.2, -0.15) is 0 Å². The molecule has 0 spiro atoms. The van der Waals surface area contributed by atoms with E-state index in [0.717, 1.165) is 19.3 Å². The van der Waals surface area contributed by atoms with Gasteiger partial charge in [0.25, 0.3) is 0 Å². The molecule has 3 N–H and O–H groups in total. The van der Waals surface area contributed by atoms with Crippen molar-refractivity contribution in [1.82, 2.24) is 9.80 Å². The molecule has 0 aromatic heterocycles. The summed E-state index contributed by atoms with van der Waals surface area (Å²) < 4.78 is 5.23. The molecule has 0 aliphatic rings. The Bertz CT molecular complexity index is 1180. The van der Waals surface area contributed by atoms with Gasteiger partial charge in [0.2, 0.25) is 11.8 Å². The van der Waals surface area contributed by atoms with Gasteiger partial charge in [0, 0.05) is 36.3 Å². The van der Waals surface area contributed by atoms with Gasteiger partial charge in [-0.15, -0.1) is 0 Å². The number of amides is 2. The average Bonchev–Trinajstić information content (AvgIpc) is 2.95. The topological polar surface area (TPSA) is 140 Å². The molecule has 0 saturated carbocycles. The molecule has 10 heteroatoms. The minimum Gasteiger partial charge on any atom is -0.497 e. The number of aliphatic carboxylic acids is 1. The number of amidine groups is 1. The van der Waals surface area contributed by atoms with Crippen LogP contribution < -0.4 is 10.1 Å². The summed E-state index contributed by atoms with van der Waals surface area (Å²) in [5, 5.41) is 20.7. The first-order chi connectivity index (χ1) is 19.2. The van der Waals surface area contributed by atoms with Crippen LogP contribution in [0.15, 0.2) is 48.5 Å². The number of carbonyl (C=O) groups is 4. The Hall–Kier alpha value is -4.21. The largest absolute Gasteiger partial charge is 0.497 e. The summed E-state index contributed by atoms with van der Waals surface area (Å²) in [4.78, 5) is 52.8. The maximum absolute atomic E-state index is 13.4. The van der Waals surface area contributed by atoms with Gasteiger partial charge in [0.15, 0.2) is 5.78 Å². The fraction of sp³-hybridized carbons (Fsp3) is 0.433. The molecule has 216 valence electrons. The lowest BCUT2D eigenvalue weighted by atomic mass is 10.1. The number of nitrogens with zero attached hydrogens (tertiary/aromatic N) is 2. The van der Waals surface area contributed by atoms with Crippen LogP contribution in [0.4, 0.5) is 5.69 Å². The zero-order valence-electron chi connectivity index (χ0n) is 23.6. The number of hydrogen-bond acceptors (Lipinski definition) is 6. The van der Waals surface area contributed by atoms with Crippen molar-refractivity contribution in [3.8, 4) is 5.75 Å². The minimum atomic E-state index is -1.05. The number of benzene rings is 2. The molecule has 2 amide bonds. The summed E-state index contributed by atoms with van der Waals surface area (Å²) in [5.41, 5.74) is 1.47. The molecule has 2 rings (SSSR count). The zero-order chi connectivity index (χ0) is 29.5. The molecule has 40 heavy (non-hydrogen) atoms. The smallest absolute Gasteiger partial charge is 0.305 e. The zero-order valence-corrected chi connectivity index (χ0v) is 23.6. The fourth-order valence-corrected chi connectivity index (χ4v) is 3.98. The molecular weight excluding hydrogens is 512 g/mol. The summed E-state index contributed by atoms with van der Waals surface area (Å²) in [6.07, 6.45) is 3.36. The first-order valence-corrected chi connectivity index (χ1v) is 13.6. The third kappa shape index (κ3) is 10.5. The quantitative estimate of drug-likeness (QED) is 0.150. The maximum atomic E-state index is 13.4. The maximum Gasteiger partial charge on any atom is 0.305 e. The van der Waals surface area contributed by atoms with Gasteiger partial charge < -0.3 is 25.0 Å². The van der Waals surface area contributed by atoms with Crippen LogP contribution in [-0.2, 0) is 14.4 Å². The second-order valence-electron chi connectivity index (χ2n) is 9.47. The van der Waals surface area contributed by atoms with Crippen LogP contribution in [0.2, 0.25) is 0 Å². The molecular formula is C30H40N4O6. The van der Waals surface area contributed by atoms with Gasteiger partial charge in [-0.1, -0.05) is 51.0 Å². The van der Waals surface area contributed by atoms with Crippen molar-refractivity contribution >= 4 is 35.1 Å². The minimum absolute atomic E-state index is 0.0117. The van der Waals surface area contributed by atoms with Crippen LogP contribution >= 0.6 is 0 Å². The summed E-state index contributed by atoms with van der Waals surface area (Å²) in [6.45, 7) is 3.79. The monoisotopic (exact) mass is 552 g/mol. The normalized spacial score (nSPS) is 10.5. The summed E-state index contributed by atoms with van der Waals surface area (Å²) in [7, 11) is 1.51. The van der Waals surface area contributed by atoms with E-state index in [4.69, 9.17) is 10.1 Å². The highest BCUT2D eigenvalue weighted by Crippen LogP contribution is 2.16. The standard InChI is InChI=1S/C30H40N4O6/c1-4-6-14-26(35)22-10-8-12-24(18-22)32-27(36)20-33(16-7-5-2)28(37)21-34(17-15-29(38)39)30(31)23-11-9-13-25(19-23)40-3/h8-13,18-19,31H,4-7,14-17,20-21H2,1-3H3,(H,32,36)(H,38,39). The molecule has 0 fully saturated rings. The number of Topliss-reactive ketones (excluding diaryl/α,β-unsaturated/α-hetero) is 1. The van der Waals surface area contributed by atoms with Gasteiger partial charge in [-0.05, 0) is 37.1 Å². The number of carboxylic acid groups (broad SMARTS) is 1. The molecule has 0 aliphatic carbocycles. The summed E-state index contributed by atoms with van der Waals surface area (Å²) in [5.74, 6) is -1.33. The van der Waals surface area contributed by atoms with Crippen molar-refractivity contribution in [2.45, 2.75) is 52.4 Å². The van der Waals surface area contributed by atoms with Gasteiger partial charge in [-0.3, -0.25) is 24.6 Å². The number of ketones is 1. The van der Waals surface area contributed by atoms with E-state index < -0.39 is 17.8 Å². The first-order valence-electron chi connectivity index (χ1n) is 13.6. The second kappa shape index (κ2) is 16.7. The van der Waals surface area contributed by atoms with Crippen LogP contribution in [0.1, 0.15) is 68.3 Å². The molecule has 2 aromatic rings. The van der Waals surface area contributed by atoms with Crippen LogP contribution in [0.3, 0.4) is 0 Å². The Morgan fingerprint density at radius 2 is 1.57 bits per heavy atom. The lowest BCUT2D eigenvalue weighted by molar-refractivity contribution is -0.138. The first kappa shape index (κ1) is 32.0. The van der Waals surface area contributed by atoms with Crippen molar-refractivity contribution in [1.29, 1.82) is 5.41 Å². The second-order valence-corrected chi connectivity index (χ2v) is 9.47. The van der Waals surface area contributed by atoms with E-state index in [1.807, 2.05) is 13.8 Å². The Morgan fingerprint density at radius 3 is 2.25 bits per heavy atom. The number of hydrogen-bond donors (Lipinski definition) is 3. The van der Waals surface area contributed by atoms with Crippen molar-refractivity contribution < 1.29 is 29.0 Å². The summed E-state index contributed by atoms with van der Waals surface area (Å²) in [6, 6.07) is 13.5. The van der Waals surface area contributed by atoms with E-state index in [9.17, 15) is 24.3 Å². The Balaban J connectivity index is 2.16. The number of methoxy groups -OCH3 is 1. The van der Waals surface area contributed by atoms with Gasteiger partial charge in [0.1, 0.15) is 11.6 Å². The highest BCUT2D eigenvalue weighted by molar-refractivity contribution is 6.01. The van der Waals surface area contributed by atoms with Gasteiger partial charge in [0.05, 0.1) is 26.6 Å². The highest BCUT2D eigenvalue weighted by Gasteiger charge is 2.23.